The van der Waals surface area contributed by atoms with Crippen LogP contribution in [-0.2, 0) is 6.42 Å². The highest BCUT2D eigenvalue weighted by molar-refractivity contribution is 5.97. The number of hydrogen-bond acceptors (Lipinski definition) is 3. The first kappa shape index (κ1) is 16.8. The molecule has 0 saturated carbocycles. The quantitative estimate of drug-likeness (QED) is 0.761. The monoisotopic (exact) mass is 349 g/mol. The predicted molar refractivity (Wildman–Crippen MR) is 101 cm³/mol. The van der Waals surface area contributed by atoms with Crippen LogP contribution in [0.15, 0.2) is 54.9 Å². The van der Waals surface area contributed by atoms with Gasteiger partial charge in [0.2, 0.25) is 0 Å². The molecule has 0 spiro atoms. The summed E-state index contributed by atoms with van der Waals surface area (Å²) in [6.07, 6.45) is 4.26. The Morgan fingerprint density at radius 2 is 2.08 bits per heavy atom. The summed E-state index contributed by atoms with van der Waals surface area (Å²) in [7, 11) is 0. The molecular weight excluding hydrogens is 326 g/mol. The zero-order chi connectivity index (χ0) is 18.0. The van der Waals surface area contributed by atoms with Gasteiger partial charge in [-0.15, -0.1) is 0 Å². The zero-order valence-corrected chi connectivity index (χ0v) is 14.7. The Balaban J connectivity index is 1.55. The van der Waals surface area contributed by atoms with Crippen LogP contribution < -0.4 is 0 Å². The highest BCUT2D eigenvalue weighted by Crippen LogP contribution is 2.34. The first-order chi connectivity index (χ1) is 12.7. The summed E-state index contributed by atoms with van der Waals surface area (Å²) in [6, 6.07) is 15.8. The number of nitrogens with one attached hydrogen (secondary N) is 1. The smallest absolute Gasteiger partial charge is 0.253 e. The number of aromatic amines is 1. The Morgan fingerprint density at radius 1 is 1.23 bits per heavy atom. The molecule has 1 fully saturated rings. The summed E-state index contributed by atoms with van der Waals surface area (Å²) in [4.78, 5) is 22.2. The number of hydrogen-bond donors (Lipinski definition) is 2. The van der Waals surface area contributed by atoms with Gasteiger partial charge in [0.25, 0.3) is 5.91 Å². The number of amides is 1. The maximum absolute atomic E-state index is 13.0. The SMILES string of the molecule is O=C(c1ccc2nc[nH]c2c1)N1CCCC(CO)(Cc2ccccc2)C1. The lowest BCUT2D eigenvalue weighted by molar-refractivity contribution is 0.0272. The van der Waals surface area contributed by atoms with Crippen LogP contribution in [-0.4, -0.2) is 45.6 Å². The fraction of sp³-hybridized carbons (Fsp3) is 0.333. The Kier molecular flexibility index (Phi) is 4.47. The van der Waals surface area contributed by atoms with Crippen LogP contribution in [0.4, 0.5) is 0 Å². The van der Waals surface area contributed by atoms with Gasteiger partial charge in [-0.2, -0.15) is 0 Å². The summed E-state index contributed by atoms with van der Waals surface area (Å²) >= 11 is 0. The largest absolute Gasteiger partial charge is 0.396 e. The van der Waals surface area contributed by atoms with Gasteiger partial charge in [-0.05, 0) is 43.0 Å². The van der Waals surface area contributed by atoms with Crippen LogP contribution in [0.5, 0.6) is 0 Å². The number of benzene rings is 2. The number of imidazole rings is 1. The van der Waals surface area contributed by atoms with Gasteiger partial charge in [-0.3, -0.25) is 4.79 Å². The predicted octanol–water partition coefficient (Wildman–Crippen LogP) is 3.02. The number of carbonyl (C=O) groups excluding carboxylic acids is 1. The number of aliphatic hydroxyl groups excluding tert-OH is 1. The van der Waals surface area contributed by atoms with Gasteiger partial charge in [0.1, 0.15) is 0 Å². The minimum atomic E-state index is -0.270. The van der Waals surface area contributed by atoms with E-state index in [1.54, 1.807) is 6.33 Å². The van der Waals surface area contributed by atoms with Crippen LogP contribution in [0.3, 0.4) is 0 Å². The molecule has 134 valence electrons. The first-order valence-corrected chi connectivity index (χ1v) is 9.06. The first-order valence-electron chi connectivity index (χ1n) is 9.06. The van der Waals surface area contributed by atoms with E-state index in [2.05, 4.69) is 22.1 Å². The zero-order valence-electron chi connectivity index (χ0n) is 14.7. The van der Waals surface area contributed by atoms with E-state index in [4.69, 9.17) is 0 Å². The van der Waals surface area contributed by atoms with E-state index >= 15 is 0 Å². The molecule has 2 N–H and O–H groups in total. The van der Waals surface area contributed by atoms with Crippen LogP contribution in [0.25, 0.3) is 11.0 Å². The lowest BCUT2D eigenvalue weighted by Gasteiger charge is -2.42. The molecule has 1 saturated heterocycles. The normalized spacial score (nSPS) is 20.4. The molecule has 2 aromatic carbocycles. The van der Waals surface area contributed by atoms with Crippen LogP contribution in [0, 0.1) is 5.41 Å². The molecule has 1 aliphatic rings. The molecule has 1 aliphatic heterocycles. The number of nitrogens with zero attached hydrogens (tertiary/aromatic N) is 2. The van der Waals surface area contributed by atoms with Gasteiger partial charge in [0.15, 0.2) is 0 Å². The van der Waals surface area contributed by atoms with E-state index in [1.165, 1.54) is 5.56 Å². The second-order valence-electron chi connectivity index (χ2n) is 7.29. The summed E-state index contributed by atoms with van der Waals surface area (Å²) in [5.74, 6) is 0.0205. The highest BCUT2D eigenvalue weighted by atomic mass is 16.3. The second kappa shape index (κ2) is 6.92. The van der Waals surface area contributed by atoms with Crippen molar-refractivity contribution >= 4 is 16.9 Å². The summed E-state index contributed by atoms with van der Waals surface area (Å²) in [5.41, 5.74) is 3.32. The topological polar surface area (TPSA) is 69.2 Å². The number of aromatic nitrogens is 2. The fourth-order valence-electron chi connectivity index (χ4n) is 3.99. The third kappa shape index (κ3) is 3.22. The van der Waals surface area contributed by atoms with Gasteiger partial charge < -0.3 is 15.0 Å². The van der Waals surface area contributed by atoms with Crippen molar-refractivity contribution in [2.45, 2.75) is 19.3 Å². The number of aliphatic hydroxyl groups is 1. The van der Waals surface area contributed by atoms with Crippen LogP contribution in [0.2, 0.25) is 0 Å². The maximum Gasteiger partial charge on any atom is 0.253 e. The number of likely N-dealkylation sites (tertiary alicyclic amines) is 1. The maximum atomic E-state index is 13.0. The molecule has 2 heterocycles. The minimum Gasteiger partial charge on any atom is -0.396 e. The number of H-pyrrole nitrogens is 1. The standard InChI is InChI=1S/C21H23N3O2/c25-14-21(12-16-5-2-1-3-6-16)9-4-10-24(13-21)20(26)17-7-8-18-19(11-17)23-15-22-18/h1-3,5-8,11,15,25H,4,9-10,12-14H2,(H,22,23). The van der Waals surface area contributed by atoms with Crippen molar-refractivity contribution < 1.29 is 9.90 Å². The molecule has 0 bridgehead atoms. The molecule has 1 unspecified atom stereocenters. The van der Waals surface area contributed by atoms with E-state index in [1.807, 2.05) is 41.3 Å². The van der Waals surface area contributed by atoms with Crippen molar-refractivity contribution in [2.24, 2.45) is 5.41 Å². The Labute approximate surface area is 152 Å². The molecule has 5 heteroatoms. The minimum absolute atomic E-state index is 0.0205. The van der Waals surface area contributed by atoms with E-state index in [0.717, 1.165) is 36.8 Å². The van der Waals surface area contributed by atoms with Gasteiger partial charge in [-0.1, -0.05) is 30.3 Å². The van der Waals surface area contributed by atoms with E-state index in [9.17, 15) is 9.90 Å². The Bertz CT molecular complexity index is 906. The lowest BCUT2D eigenvalue weighted by Crippen LogP contribution is -2.49. The van der Waals surface area contributed by atoms with Crippen molar-refractivity contribution in [3.63, 3.8) is 0 Å². The lowest BCUT2D eigenvalue weighted by atomic mass is 9.75. The van der Waals surface area contributed by atoms with Crippen molar-refractivity contribution in [2.75, 3.05) is 19.7 Å². The van der Waals surface area contributed by atoms with Gasteiger partial charge in [0.05, 0.1) is 24.0 Å². The Morgan fingerprint density at radius 3 is 2.88 bits per heavy atom. The molecule has 3 aromatic rings. The van der Waals surface area contributed by atoms with Gasteiger partial charge in [-0.25, -0.2) is 4.98 Å². The number of fused-ring (bicyclic) bond motifs is 1. The number of piperidine rings is 1. The molecule has 4 rings (SSSR count). The number of rotatable bonds is 4. The molecule has 1 atom stereocenters. The molecule has 5 nitrogen and oxygen atoms in total. The molecule has 0 aliphatic carbocycles. The summed E-state index contributed by atoms with van der Waals surface area (Å²) < 4.78 is 0. The fourth-order valence-corrected chi connectivity index (χ4v) is 3.99. The van der Waals surface area contributed by atoms with Crippen LogP contribution >= 0.6 is 0 Å². The van der Waals surface area contributed by atoms with E-state index < -0.39 is 0 Å². The average Bonchev–Trinajstić information content (AvgIpc) is 3.16. The third-order valence-corrected chi connectivity index (χ3v) is 5.37. The Hall–Kier alpha value is -2.66. The van der Waals surface area contributed by atoms with Crippen molar-refractivity contribution in [1.82, 2.24) is 14.9 Å². The summed E-state index contributed by atoms with van der Waals surface area (Å²) in [6.45, 7) is 1.40. The van der Waals surface area contributed by atoms with Crippen molar-refractivity contribution in [1.29, 1.82) is 0 Å². The van der Waals surface area contributed by atoms with Gasteiger partial charge >= 0.3 is 0 Å². The average molecular weight is 349 g/mol. The van der Waals surface area contributed by atoms with Crippen LogP contribution in [0.1, 0.15) is 28.8 Å². The summed E-state index contributed by atoms with van der Waals surface area (Å²) in [5, 5.41) is 10.1. The molecule has 0 radical (unpaired) electrons. The van der Waals surface area contributed by atoms with Crippen molar-refractivity contribution in [3.8, 4) is 0 Å². The highest BCUT2D eigenvalue weighted by Gasteiger charge is 2.37. The number of carbonyl (C=O) groups is 1. The van der Waals surface area contributed by atoms with Gasteiger partial charge in [0, 0.05) is 24.1 Å². The third-order valence-electron chi connectivity index (χ3n) is 5.37. The molecule has 1 amide bonds. The van der Waals surface area contributed by atoms with E-state index in [-0.39, 0.29) is 17.9 Å². The molecular formula is C21H23N3O2. The molecule has 26 heavy (non-hydrogen) atoms. The second-order valence-corrected chi connectivity index (χ2v) is 7.29. The molecule has 1 aromatic heterocycles. The van der Waals surface area contributed by atoms with Crippen molar-refractivity contribution in [3.05, 3.63) is 66.0 Å². The van der Waals surface area contributed by atoms with E-state index in [0.29, 0.717) is 12.1 Å².